The number of ether oxygens (including phenoxy) is 2. The molecule has 0 fully saturated rings. The molecule has 0 heterocycles. The van der Waals surface area contributed by atoms with E-state index in [0.29, 0.717) is 0 Å². The van der Waals surface area contributed by atoms with Crippen molar-refractivity contribution in [3.63, 3.8) is 0 Å². The molecule has 2 aromatic carbocycles. The number of rotatable bonds is 14. The van der Waals surface area contributed by atoms with Gasteiger partial charge < -0.3 is 20.9 Å². The van der Waals surface area contributed by atoms with Crippen LogP contribution in [0.4, 0.5) is 0 Å². The lowest BCUT2D eigenvalue weighted by molar-refractivity contribution is 0.304. The third kappa shape index (κ3) is 6.48. The molecule has 0 amide bonds. The second-order valence-electron chi connectivity index (χ2n) is 7.92. The summed E-state index contributed by atoms with van der Waals surface area (Å²) in [5, 5.41) is 0. The van der Waals surface area contributed by atoms with Gasteiger partial charge in [0.1, 0.15) is 11.5 Å². The number of hydrogen-bond donors (Lipinski definition) is 2. The van der Waals surface area contributed by atoms with Crippen LogP contribution in [-0.4, -0.2) is 26.3 Å². The summed E-state index contributed by atoms with van der Waals surface area (Å²) in [6.07, 6.45) is 10.1. The summed E-state index contributed by atoms with van der Waals surface area (Å²) >= 11 is 0. The first-order valence-corrected chi connectivity index (χ1v) is 11.2. The Bertz CT molecular complexity index is 697. The maximum Gasteiger partial charge on any atom is 0.119 e. The van der Waals surface area contributed by atoms with Crippen LogP contribution in [0.1, 0.15) is 62.5 Å². The van der Waals surface area contributed by atoms with Crippen LogP contribution >= 0.6 is 0 Å². The van der Waals surface area contributed by atoms with Crippen molar-refractivity contribution < 1.29 is 9.47 Å². The summed E-state index contributed by atoms with van der Waals surface area (Å²) < 4.78 is 11.9. The van der Waals surface area contributed by atoms with E-state index in [1.54, 1.807) is 0 Å². The second kappa shape index (κ2) is 11.8. The van der Waals surface area contributed by atoms with E-state index in [4.69, 9.17) is 20.9 Å². The zero-order chi connectivity index (χ0) is 20.3. The van der Waals surface area contributed by atoms with Gasteiger partial charge in [-0.1, -0.05) is 37.8 Å². The topological polar surface area (TPSA) is 70.5 Å². The zero-order valence-corrected chi connectivity index (χ0v) is 17.6. The molecule has 29 heavy (non-hydrogen) atoms. The first kappa shape index (κ1) is 21.7. The Morgan fingerprint density at radius 1 is 0.586 bits per heavy atom. The quantitative estimate of drug-likeness (QED) is 0.374. The van der Waals surface area contributed by atoms with Gasteiger partial charge in [-0.05, 0) is 91.7 Å². The van der Waals surface area contributed by atoms with E-state index in [9.17, 15) is 0 Å². The minimum Gasteiger partial charge on any atom is -0.494 e. The van der Waals surface area contributed by atoms with Gasteiger partial charge in [0.25, 0.3) is 0 Å². The Labute approximate surface area is 175 Å². The average Bonchev–Trinajstić information content (AvgIpc) is 3.10. The van der Waals surface area contributed by atoms with Gasteiger partial charge in [0.2, 0.25) is 0 Å². The van der Waals surface area contributed by atoms with Crippen molar-refractivity contribution in [3.8, 4) is 22.6 Å². The minimum atomic E-state index is 0.777. The molecule has 0 radical (unpaired) electrons. The van der Waals surface area contributed by atoms with Crippen molar-refractivity contribution in [3.05, 3.63) is 47.5 Å². The van der Waals surface area contributed by atoms with E-state index < -0.39 is 0 Å². The Hall–Kier alpha value is -2.04. The van der Waals surface area contributed by atoms with Crippen LogP contribution < -0.4 is 20.9 Å². The Morgan fingerprint density at radius 2 is 1.03 bits per heavy atom. The van der Waals surface area contributed by atoms with Crippen LogP contribution in [0, 0.1) is 0 Å². The molecule has 0 aromatic heterocycles. The van der Waals surface area contributed by atoms with Gasteiger partial charge in [-0.2, -0.15) is 0 Å². The van der Waals surface area contributed by atoms with Crippen molar-refractivity contribution >= 4 is 0 Å². The molecule has 158 valence electrons. The molecule has 0 saturated carbocycles. The molecule has 1 aliphatic carbocycles. The van der Waals surface area contributed by atoms with Crippen LogP contribution in [0.25, 0.3) is 11.1 Å². The third-order valence-corrected chi connectivity index (χ3v) is 5.56. The number of fused-ring (bicyclic) bond motifs is 3. The predicted molar refractivity (Wildman–Crippen MR) is 121 cm³/mol. The molecule has 0 saturated heterocycles. The van der Waals surface area contributed by atoms with Crippen molar-refractivity contribution in [2.24, 2.45) is 11.5 Å². The van der Waals surface area contributed by atoms with Gasteiger partial charge in [0, 0.05) is 0 Å². The molecule has 0 spiro atoms. The van der Waals surface area contributed by atoms with E-state index in [2.05, 4.69) is 36.4 Å². The summed E-state index contributed by atoms with van der Waals surface area (Å²) in [5.41, 5.74) is 16.4. The molecule has 4 N–H and O–H groups in total. The van der Waals surface area contributed by atoms with E-state index in [0.717, 1.165) is 69.9 Å². The summed E-state index contributed by atoms with van der Waals surface area (Å²) in [4.78, 5) is 0. The lowest BCUT2D eigenvalue weighted by atomic mass is 10.1. The fraction of sp³-hybridized carbons (Fsp3) is 0.520. The molecular formula is C25H36N2O2. The fourth-order valence-electron chi connectivity index (χ4n) is 3.92. The van der Waals surface area contributed by atoms with Gasteiger partial charge in [-0.15, -0.1) is 0 Å². The number of benzene rings is 2. The van der Waals surface area contributed by atoms with Crippen LogP contribution in [0.5, 0.6) is 11.5 Å². The highest BCUT2D eigenvalue weighted by atomic mass is 16.5. The SMILES string of the molecule is NCCCCCCOc1ccc2c(c1)Cc1cc(OCCCCCCN)ccc1-2. The van der Waals surface area contributed by atoms with Gasteiger partial charge in [0.15, 0.2) is 0 Å². The van der Waals surface area contributed by atoms with Gasteiger partial charge in [0.05, 0.1) is 13.2 Å². The molecule has 4 heteroatoms. The summed E-state index contributed by atoms with van der Waals surface area (Å²) in [7, 11) is 0. The highest BCUT2D eigenvalue weighted by Gasteiger charge is 2.19. The van der Waals surface area contributed by atoms with Gasteiger partial charge in [-0.25, -0.2) is 0 Å². The highest BCUT2D eigenvalue weighted by Crippen LogP contribution is 2.39. The predicted octanol–water partition coefficient (Wildman–Crippen LogP) is 5.05. The third-order valence-electron chi connectivity index (χ3n) is 5.56. The lowest BCUT2D eigenvalue weighted by Gasteiger charge is -2.09. The van der Waals surface area contributed by atoms with E-state index in [1.165, 1.54) is 47.9 Å². The summed E-state index contributed by atoms with van der Waals surface area (Å²) in [6.45, 7) is 3.13. The molecular weight excluding hydrogens is 360 g/mol. The fourth-order valence-corrected chi connectivity index (χ4v) is 3.92. The molecule has 0 aliphatic heterocycles. The monoisotopic (exact) mass is 396 g/mol. The van der Waals surface area contributed by atoms with E-state index in [1.807, 2.05) is 0 Å². The van der Waals surface area contributed by atoms with Gasteiger partial charge >= 0.3 is 0 Å². The summed E-state index contributed by atoms with van der Waals surface area (Å²) in [6, 6.07) is 13.0. The Morgan fingerprint density at radius 3 is 1.48 bits per heavy atom. The standard InChI is InChI=1S/C25H36N2O2/c26-13-5-1-3-7-15-28-22-9-11-24-20(18-22)17-21-19-23(10-12-25(21)24)29-16-8-4-2-6-14-27/h9-12,18-19H,1-8,13-17,26-27H2. The van der Waals surface area contributed by atoms with E-state index >= 15 is 0 Å². The first-order chi connectivity index (χ1) is 14.3. The van der Waals surface area contributed by atoms with Gasteiger partial charge in [-0.3, -0.25) is 0 Å². The highest BCUT2D eigenvalue weighted by molar-refractivity contribution is 5.78. The second-order valence-corrected chi connectivity index (χ2v) is 7.92. The zero-order valence-electron chi connectivity index (χ0n) is 17.6. The van der Waals surface area contributed by atoms with Crippen LogP contribution in [0.2, 0.25) is 0 Å². The molecule has 0 atom stereocenters. The van der Waals surface area contributed by atoms with E-state index in [-0.39, 0.29) is 0 Å². The molecule has 4 nitrogen and oxygen atoms in total. The molecule has 3 rings (SSSR count). The molecule has 2 aromatic rings. The smallest absolute Gasteiger partial charge is 0.119 e. The Kier molecular flexibility index (Phi) is 8.84. The van der Waals surface area contributed by atoms with Crippen molar-refractivity contribution in [2.45, 2.75) is 57.8 Å². The van der Waals surface area contributed by atoms with Crippen molar-refractivity contribution in [2.75, 3.05) is 26.3 Å². The average molecular weight is 397 g/mol. The Balaban J connectivity index is 1.48. The molecule has 0 bridgehead atoms. The van der Waals surface area contributed by atoms with Crippen LogP contribution in [0.15, 0.2) is 36.4 Å². The number of hydrogen-bond acceptors (Lipinski definition) is 4. The maximum absolute atomic E-state index is 5.96. The summed E-state index contributed by atoms with van der Waals surface area (Å²) in [5.74, 6) is 1.95. The van der Waals surface area contributed by atoms with Crippen LogP contribution in [-0.2, 0) is 6.42 Å². The normalized spacial score (nSPS) is 11.9. The molecule has 1 aliphatic rings. The van der Waals surface area contributed by atoms with Crippen molar-refractivity contribution in [1.29, 1.82) is 0 Å². The first-order valence-electron chi connectivity index (χ1n) is 11.2. The lowest BCUT2D eigenvalue weighted by Crippen LogP contribution is -2.00. The number of nitrogens with two attached hydrogens (primary N) is 2. The maximum atomic E-state index is 5.96. The minimum absolute atomic E-state index is 0.777. The van der Waals surface area contributed by atoms with Crippen molar-refractivity contribution in [1.82, 2.24) is 0 Å². The molecule has 0 unspecified atom stereocenters. The number of unbranched alkanes of at least 4 members (excludes halogenated alkanes) is 6. The van der Waals surface area contributed by atoms with Crippen LogP contribution in [0.3, 0.4) is 0 Å². The largest absolute Gasteiger partial charge is 0.494 e.